The predicted octanol–water partition coefficient (Wildman–Crippen LogP) is 1.63. The zero-order chi connectivity index (χ0) is 22.9. The van der Waals surface area contributed by atoms with Crippen LogP contribution in [-0.2, 0) is 19.2 Å². The maximum Gasteiger partial charge on any atom is 0.328 e. The molecule has 0 aromatic carbocycles. The fourth-order valence-corrected chi connectivity index (χ4v) is 6.38. The second-order valence-corrected chi connectivity index (χ2v) is 9.59. The van der Waals surface area contributed by atoms with Crippen LogP contribution in [0.4, 0.5) is 9.59 Å². The van der Waals surface area contributed by atoms with Gasteiger partial charge in [0, 0.05) is 0 Å². The van der Waals surface area contributed by atoms with Gasteiger partial charge in [0.05, 0.1) is 0 Å². The van der Waals surface area contributed by atoms with Crippen LogP contribution in [0, 0.1) is 22.7 Å². The molecule has 2 aliphatic heterocycles. The molecule has 32 heavy (non-hydrogen) atoms. The van der Waals surface area contributed by atoms with E-state index >= 15 is 0 Å². The molecule has 0 unspecified atom stereocenters. The molecule has 2 heterocycles. The van der Waals surface area contributed by atoms with Crippen molar-refractivity contribution >= 4 is 35.7 Å². The van der Waals surface area contributed by atoms with E-state index in [1.54, 1.807) is 0 Å². The van der Waals surface area contributed by atoms with Crippen LogP contribution in [0.5, 0.6) is 0 Å². The topological polar surface area (TPSA) is 151 Å². The first-order valence-electron chi connectivity index (χ1n) is 11.6. The van der Waals surface area contributed by atoms with Crippen molar-refractivity contribution in [3.63, 3.8) is 0 Å². The van der Waals surface area contributed by atoms with Crippen molar-refractivity contribution in [2.75, 3.05) is 0 Å². The molecular weight excluding hydrogens is 416 g/mol. The van der Waals surface area contributed by atoms with E-state index < -0.39 is 46.5 Å². The lowest BCUT2D eigenvalue weighted by Gasteiger charge is -2.40. The molecule has 10 heteroatoms. The summed E-state index contributed by atoms with van der Waals surface area (Å²) in [4.78, 5) is 74.8. The molecule has 8 amide bonds. The van der Waals surface area contributed by atoms with Gasteiger partial charge >= 0.3 is 12.1 Å². The Morgan fingerprint density at radius 1 is 0.531 bits per heavy atom. The van der Waals surface area contributed by atoms with Crippen LogP contribution in [0.3, 0.4) is 0 Å². The van der Waals surface area contributed by atoms with Gasteiger partial charge in [-0.25, -0.2) is 9.59 Å². The van der Waals surface area contributed by atoms with Gasteiger partial charge in [-0.3, -0.25) is 40.4 Å². The quantitative estimate of drug-likeness (QED) is 0.345. The predicted molar refractivity (Wildman–Crippen MR) is 111 cm³/mol. The van der Waals surface area contributed by atoms with Crippen molar-refractivity contribution < 1.29 is 28.8 Å². The van der Waals surface area contributed by atoms with Gasteiger partial charge in [-0.05, 0) is 50.4 Å². The Hall–Kier alpha value is -2.78. The molecule has 0 aromatic heterocycles. The Morgan fingerprint density at radius 3 is 1.09 bits per heavy atom. The Labute approximate surface area is 186 Å². The first-order chi connectivity index (χ1) is 15.3. The van der Waals surface area contributed by atoms with Gasteiger partial charge in [0.2, 0.25) is 23.6 Å². The van der Waals surface area contributed by atoms with Crippen LogP contribution < -0.4 is 21.3 Å². The summed E-state index contributed by atoms with van der Waals surface area (Å²) in [5.74, 6) is -2.49. The number of carbonyl (C=O) groups is 6. The summed E-state index contributed by atoms with van der Waals surface area (Å²) in [6.45, 7) is 0. The Balaban J connectivity index is 1.50. The van der Waals surface area contributed by atoms with Gasteiger partial charge in [0.25, 0.3) is 0 Å². The van der Waals surface area contributed by atoms with E-state index in [1.807, 2.05) is 0 Å². The van der Waals surface area contributed by atoms with Crippen LogP contribution in [0.25, 0.3) is 0 Å². The van der Waals surface area contributed by atoms with Crippen LogP contribution in [0.2, 0.25) is 0 Å². The number of barbiturate groups is 2. The molecule has 0 bridgehead atoms. The highest BCUT2D eigenvalue weighted by molar-refractivity contribution is 6.20. The van der Waals surface area contributed by atoms with E-state index in [0.717, 1.165) is 51.4 Å². The molecule has 0 radical (unpaired) electrons. The summed E-state index contributed by atoms with van der Waals surface area (Å²) in [6.07, 6.45) is 8.06. The second-order valence-electron chi connectivity index (χ2n) is 9.59. The molecule has 0 aromatic rings. The van der Waals surface area contributed by atoms with E-state index in [0.29, 0.717) is 12.8 Å². The Bertz CT molecular complexity index is 746. The van der Waals surface area contributed by atoms with E-state index in [1.165, 1.54) is 0 Å². The maximum atomic E-state index is 12.9. The molecule has 2 aliphatic carbocycles. The third-order valence-corrected chi connectivity index (χ3v) is 8.03. The van der Waals surface area contributed by atoms with Gasteiger partial charge in [-0.1, -0.05) is 38.5 Å². The highest BCUT2D eigenvalue weighted by atomic mass is 16.2. The minimum absolute atomic E-state index is 0.140. The summed E-state index contributed by atoms with van der Waals surface area (Å²) in [5.41, 5.74) is -2.62. The van der Waals surface area contributed by atoms with Crippen molar-refractivity contribution in [1.82, 2.24) is 21.3 Å². The van der Waals surface area contributed by atoms with Crippen molar-refractivity contribution in [3.8, 4) is 0 Å². The normalized spacial score (nSPS) is 26.0. The lowest BCUT2D eigenvalue weighted by Crippen LogP contribution is -2.65. The largest absolute Gasteiger partial charge is 0.328 e. The third kappa shape index (κ3) is 3.59. The molecular formula is C22H30N4O6. The monoisotopic (exact) mass is 446 g/mol. The zero-order valence-corrected chi connectivity index (χ0v) is 18.1. The molecule has 0 atom stereocenters. The average molecular weight is 447 g/mol. The fourth-order valence-electron chi connectivity index (χ4n) is 6.38. The zero-order valence-electron chi connectivity index (χ0n) is 18.1. The second kappa shape index (κ2) is 8.63. The lowest BCUT2D eigenvalue weighted by molar-refractivity contribution is -0.152. The summed E-state index contributed by atoms with van der Waals surface area (Å²) in [6, 6.07) is -1.59. The fraction of sp³-hybridized carbons (Fsp3) is 0.727. The van der Waals surface area contributed by atoms with Crippen molar-refractivity contribution in [3.05, 3.63) is 0 Å². The van der Waals surface area contributed by atoms with Crippen LogP contribution in [-0.4, -0.2) is 35.7 Å². The number of carbonyl (C=O) groups excluding carboxylic acids is 6. The number of unbranched alkanes of at least 4 members (excludes halogenated alkanes) is 1. The first-order valence-corrected chi connectivity index (χ1v) is 11.6. The Morgan fingerprint density at radius 2 is 0.812 bits per heavy atom. The average Bonchev–Trinajstić information content (AvgIpc) is 3.43. The molecule has 174 valence electrons. The molecule has 2 saturated carbocycles. The maximum absolute atomic E-state index is 12.9. The number of hydrogen-bond donors (Lipinski definition) is 4. The Kier molecular flexibility index (Phi) is 6.05. The van der Waals surface area contributed by atoms with E-state index in [2.05, 4.69) is 21.3 Å². The molecule has 4 rings (SSSR count). The summed E-state index contributed by atoms with van der Waals surface area (Å²) in [7, 11) is 0. The standard InChI is InChI=1S/C22H30N4O6/c27-15-21(13-7-1-2-8-13,16(28)24-19(31)23-15)11-5-6-12-22(14-9-3-4-10-14)17(29)25-20(32)26-18(22)30/h13-14H,1-12H2,(H2,23,24,27,28,31)(H2,25,26,29,30,32). The lowest BCUT2D eigenvalue weighted by atomic mass is 9.66. The highest BCUT2D eigenvalue weighted by Gasteiger charge is 2.57. The minimum atomic E-state index is -1.31. The van der Waals surface area contributed by atoms with E-state index in [9.17, 15) is 28.8 Å². The summed E-state index contributed by atoms with van der Waals surface area (Å²) < 4.78 is 0. The molecule has 0 spiro atoms. The molecule has 10 nitrogen and oxygen atoms in total. The smallest absolute Gasteiger partial charge is 0.277 e. The molecule has 2 saturated heterocycles. The van der Waals surface area contributed by atoms with Crippen molar-refractivity contribution in [2.45, 2.75) is 77.0 Å². The van der Waals surface area contributed by atoms with Gasteiger partial charge in [0.15, 0.2) is 0 Å². The first kappa shape index (κ1) is 22.4. The van der Waals surface area contributed by atoms with Gasteiger partial charge in [-0.15, -0.1) is 0 Å². The van der Waals surface area contributed by atoms with Gasteiger partial charge in [0.1, 0.15) is 10.8 Å². The number of hydrogen-bond acceptors (Lipinski definition) is 6. The van der Waals surface area contributed by atoms with Crippen LogP contribution in [0.1, 0.15) is 77.0 Å². The van der Waals surface area contributed by atoms with Crippen LogP contribution >= 0.6 is 0 Å². The van der Waals surface area contributed by atoms with E-state index in [4.69, 9.17) is 0 Å². The number of nitrogens with one attached hydrogen (secondary N) is 4. The SMILES string of the molecule is O=C1NC(=O)C(CCCCC2(C3CCCC3)C(=O)NC(=O)NC2=O)(C2CCCC2)C(=O)N1. The van der Waals surface area contributed by atoms with Crippen LogP contribution in [0.15, 0.2) is 0 Å². The number of rotatable bonds is 7. The third-order valence-electron chi connectivity index (χ3n) is 8.03. The number of urea groups is 2. The summed E-state index contributed by atoms with van der Waals surface area (Å²) >= 11 is 0. The minimum Gasteiger partial charge on any atom is -0.277 e. The number of imide groups is 4. The van der Waals surface area contributed by atoms with Gasteiger partial charge in [-0.2, -0.15) is 0 Å². The number of amides is 8. The molecule has 4 fully saturated rings. The van der Waals surface area contributed by atoms with Crippen molar-refractivity contribution in [2.24, 2.45) is 22.7 Å². The van der Waals surface area contributed by atoms with E-state index in [-0.39, 0.29) is 24.7 Å². The van der Waals surface area contributed by atoms with Gasteiger partial charge < -0.3 is 0 Å². The summed E-state index contributed by atoms with van der Waals surface area (Å²) in [5, 5.41) is 9.05. The molecule has 4 aliphatic rings. The van der Waals surface area contributed by atoms with Crippen molar-refractivity contribution in [1.29, 1.82) is 0 Å². The highest BCUT2D eigenvalue weighted by Crippen LogP contribution is 2.47. The molecule has 4 N–H and O–H groups in total.